The van der Waals surface area contributed by atoms with Crippen LogP contribution in [0.1, 0.15) is 52.0 Å². The van der Waals surface area contributed by atoms with Crippen molar-refractivity contribution in [3.05, 3.63) is 69.3 Å². The van der Waals surface area contributed by atoms with Crippen LogP contribution in [0.2, 0.25) is 0 Å². The molecule has 7 nitrogen and oxygen atoms in total. The highest BCUT2D eigenvalue weighted by atomic mass is 16.6. The Bertz CT molecular complexity index is 902. The lowest BCUT2D eigenvalue weighted by Crippen LogP contribution is -2.33. The van der Waals surface area contributed by atoms with E-state index in [1.54, 1.807) is 36.2 Å². The van der Waals surface area contributed by atoms with Crippen molar-refractivity contribution in [3.63, 3.8) is 0 Å². The highest BCUT2D eigenvalue weighted by Gasteiger charge is 2.24. The molecule has 7 heteroatoms. The number of amides is 1. The molecule has 1 aliphatic heterocycles. The third-order valence-electron chi connectivity index (χ3n) is 5.02. The molecule has 0 aliphatic carbocycles. The van der Waals surface area contributed by atoms with Crippen molar-refractivity contribution < 1.29 is 14.5 Å². The van der Waals surface area contributed by atoms with Gasteiger partial charge in [-0.2, -0.15) is 0 Å². The quantitative estimate of drug-likeness (QED) is 0.482. The van der Waals surface area contributed by atoms with Gasteiger partial charge < -0.3 is 10.2 Å². The number of nitro groups is 1. The fraction of sp³-hybridized carbons (Fsp3) is 0.333. The monoisotopic (exact) mass is 381 g/mol. The number of nitrogens with zero attached hydrogens (tertiary/aromatic N) is 2. The van der Waals surface area contributed by atoms with Crippen molar-refractivity contribution in [1.82, 2.24) is 4.90 Å². The van der Waals surface area contributed by atoms with E-state index in [1.165, 1.54) is 18.2 Å². The van der Waals surface area contributed by atoms with E-state index in [9.17, 15) is 19.7 Å². The molecule has 1 amide bonds. The second-order valence-corrected chi connectivity index (χ2v) is 6.82. The average Bonchev–Trinajstić information content (AvgIpc) is 3.01. The third-order valence-corrected chi connectivity index (χ3v) is 5.02. The van der Waals surface area contributed by atoms with Gasteiger partial charge in [-0.1, -0.05) is 31.0 Å². The van der Waals surface area contributed by atoms with Crippen LogP contribution in [-0.2, 0) is 0 Å². The molecule has 2 aromatic carbocycles. The number of carbonyl (C=O) groups is 2. The van der Waals surface area contributed by atoms with Gasteiger partial charge in [0.1, 0.15) is 5.69 Å². The van der Waals surface area contributed by atoms with Crippen LogP contribution in [0.15, 0.2) is 42.5 Å². The number of nitro benzene ring substituents is 1. The molecule has 1 aliphatic rings. The summed E-state index contributed by atoms with van der Waals surface area (Å²) in [7, 11) is 1.58. The van der Waals surface area contributed by atoms with Crippen LogP contribution in [0.5, 0.6) is 0 Å². The molecule has 1 heterocycles. The van der Waals surface area contributed by atoms with Gasteiger partial charge in [0.2, 0.25) is 0 Å². The highest BCUT2D eigenvalue weighted by Crippen LogP contribution is 2.27. The number of nitrogens with one attached hydrogen (secondary N) is 1. The fourth-order valence-electron chi connectivity index (χ4n) is 3.50. The van der Waals surface area contributed by atoms with Crippen molar-refractivity contribution in [2.45, 2.75) is 25.7 Å². The Balaban J connectivity index is 1.96. The molecular weight excluding hydrogens is 358 g/mol. The summed E-state index contributed by atoms with van der Waals surface area (Å²) in [5, 5.41) is 14.0. The smallest absolute Gasteiger partial charge is 0.293 e. The van der Waals surface area contributed by atoms with E-state index in [-0.39, 0.29) is 22.7 Å². The van der Waals surface area contributed by atoms with Gasteiger partial charge in [0, 0.05) is 37.3 Å². The third kappa shape index (κ3) is 4.03. The molecule has 1 N–H and O–H groups in total. The summed E-state index contributed by atoms with van der Waals surface area (Å²) in [4.78, 5) is 38.7. The fourth-order valence-corrected chi connectivity index (χ4v) is 3.50. The Hall–Kier alpha value is -3.22. The lowest BCUT2D eigenvalue weighted by atomic mass is 9.97. The minimum absolute atomic E-state index is 0.160. The normalized spacial score (nSPS) is 14.2. The number of hydrogen-bond donors (Lipinski definition) is 1. The Morgan fingerprint density at radius 3 is 2.25 bits per heavy atom. The van der Waals surface area contributed by atoms with E-state index in [0.717, 1.165) is 25.7 Å². The molecule has 0 saturated carbocycles. The van der Waals surface area contributed by atoms with Crippen LogP contribution >= 0.6 is 0 Å². The van der Waals surface area contributed by atoms with Gasteiger partial charge in [-0.3, -0.25) is 19.7 Å². The summed E-state index contributed by atoms with van der Waals surface area (Å²) < 4.78 is 0. The van der Waals surface area contributed by atoms with E-state index < -0.39 is 10.7 Å². The zero-order valence-electron chi connectivity index (χ0n) is 15.8. The highest BCUT2D eigenvalue weighted by molar-refractivity contribution is 6.15. The molecule has 0 aromatic heterocycles. The molecule has 1 saturated heterocycles. The SMILES string of the molecule is CNc1ccc(C(=O)c2ccccc2C(=O)N2CCCCCC2)cc1[N+](=O)[O-]. The Morgan fingerprint density at radius 2 is 1.64 bits per heavy atom. The standard InChI is InChI=1S/C21H23N3O4/c1-22-18-11-10-15(14-19(18)24(27)28)20(25)16-8-4-5-9-17(16)21(26)23-12-6-2-3-7-13-23/h4-5,8-11,14,22H,2-3,6-7,12-13H2,1H3. The summed E-state index contributed by atoms with van der Waals surface area (Å²) >= 11 is 0. The lowest BCUT2D eigenvalue weighted by molar-refractivity contribution is -0.384. The molecule has 146 valence electrons. The second kappa shape index (κ2) is 8.65. The van der Waals surface area contributed by atoms with Crippen molar-refractivity contribution in [2.24, 2.45) is 0 Å². The summed E-state index contributed by atoms with van der Waals surface area (Å²) in [6.45, 7) is 1.37. The average molecular weight is 381 g/mol. The van der Waals surface area contributed by atoms with Gasteiger partial charge in [-0.25, -0.2) is 0 Å². The number of rotatable bonds is 5. The number of carbonyl (C=O) groups excluding carboxylic acids is 2. The van der Waals surface area contributed by atoms with Crippen molar-refractivity contribution in [2.75, 3.05) is 25.5 Å². The molecule has 0 atom stereocenters. The van der Waals surface area contributed by atoms with Gasteiger partial charge in [0.25, 0.3) is 11.6 Å². The minimum atomic E-state index is -0.531. The summed E-state index contributed by atoms with van der Waals surface area (Å²) in [5.41, 5.74) is 0.944. The van der Waals surface area contributed by atoms with Crippen LogP contribution in [0.3, 0.4) is 0 Å². The predicted octanol–water partition coefficient (Wildman–Crippen LogP) is 3.88. The maximum absolute atomic E-state index is 13.1. The van der Waals surface area contributed by atoms with Gasteiger partial charge in [0.15, 0.2) is 5.78 Å². The summed E-state index contributed by atoms with van der Waals surface area (Å²) in [5.74, 6) is -0.559. The first-order chi connectivity index (χ1) is 13.5. The number of likely N-dealkylation sites (tertiary alicyclic amines) is 1. The van der Waals surface area contributed by atoms with Crippen LogP contribution in [0.25, 0.3) is 0 Å². The zero-order valence-corrected chi connectivity index (χ0v) is 15.8. The predicted molar refractivity (Wildman–Crippen MR) is 107 cm³/mol. The van der Waals surface area contributed by atoms with E-state index in [2.05, 4.69) is 5.32 Å². The molecule has 0 radical (unpaired) electrons. The number of ketones is 1. The molecular formula is C21H23N3O4. The molecule has 3 rings (SSSR count). The first-order valence-electron chi connectivity index (χ1n) is 9.42. The maximum Gasteiger partial charge on any atom is 0.293 e. The number of hydrogen-bond acceptors (Lipinski definition) is 5. The topological polar surface area (TPSA) is 92.6 Å². The van der Waals surface area contributed by atoms with E-state index in [1.807, 2.05) is 0 Å². The number of anilines is 1. The van der Waals surface area contributed by atoms with Crippen molar-refractivity contribution in [1.29, 1.82) is 0 Å². The van der Waals surface area contributed by atoms with Gasteiger partial charge in [0.05, 0.1) is 10.5 Å². The van der Waals surface area contributed by atoms with Crippen molar-refractivity contribution in [3.8, 4) is 0 Å². The van der Waals surface area contributed by atoms with E-state index >= 15 is 0 Å². The Kier molecular flexibility index (Phi) is 6.03. The molecule has 0 bridgehead atoms. The molecule has 0 spiro atoms. The Morgan fingerprint density at radius 1 is 1.00 bits per heavy atom. The van der Waals surface area contributed by atoms with Gasteiger partial charge in [-0.15, -0.1) is 0 Å². The van der Waals surface area contributed by atoms with Crippen LogP contribution in [0, 0.1) is 10.1 Å². The van der Waals surface area contributed by atoms with Crippen LogP contribution in [0.4, 0.5) is 11.4 Å². The first kappa shape index (κ1) is 19.5. The molecule has 1 fully saturated rings. The Labute approximate surface area is 163 Å². The minimum Gasteiger partial charge on any atom is -0.383 e. The number of benzene rings is 2. The van der Waals surface area contributed by atoms with Crippen LogP contribution < -0.4 is 5.32 Å². The maximum atomic E-state index is 13.1. The summed E-state index contributed by atoms with van der Waals surface area (Å²) in [6, 6.07) is 11.0. The van der Waals surface area contributed by atoms with E-state index in [4.69, 9.17) is 0 Å². The lowest BCUT2D eigenvalue weighted by Gasteiger charge is -2.21. The van der Waals surface area contributed by atoms with E-state index in [0.29, 0.717) is 24.3 Å². The molecule has 0 unspecified atom stereocenters. The van der Waals surface area contributed by atoms with Crippen molar-refractivity contribution >= 4 is 23.1 Å². The first-order valence-corrected chi connectivity index (χ1v) is 9.42. The molecule has 2 aromatic rings. The van der Waals surface area contributed by atoms with Gasteiger partial charge >= 0.3 is 0 Å². The molecule has 28 heavy (non-hydrogen) atoms. The van der Waals surface area contributed by atoms with Gasteiger partial charge in [-0.05, 0) is 31.0 Å². The van der Waals surface area contributed by atoms with Crippen LogP contribution in [-0.4, -0.2) is 41.7 Å². The zero-order chi connectivity index (χ0) is 20.1. The summed E-state index contributed by atoms with van der Waals surface area (Å²) in [6.07, 6.45) is 4.12. The second-order valence-electron chi connectivity index (χ2n) is 6.82. The largest absolute Gasteiger partial charge is 0.383 e.